The zero-order valence-electron chi connectivity index (χ0n) is 58.5. The Balaban J connectivity index is 0.000000260. The summed E-state index contributed by atoms with van der Waals surface area (Å²) < 4.78 is 123. The van der Waals surface area contributed by atoms with Gasteiger partial charge in [0.25, 0.3) is 11.8 Å². The molecule has 0 unspecified atom stereocenters. The topological polar surface area (TPSA) is 204 Å². The SMILES string of the molecule is C.Cc1ccc(NC(=O)[C@H]2CCCN(C(=O)c3c(C)cccc3F)[C@H]2c2ccc(N(C(=O)CN(C)C)C3CCCC3)cc2)cc1C(F)(F)F.Cc1ccc(NC(=O)[C@H]2CCCN(C(=O)c3c(C)cccc3F)[C@H]2c2ccc(N(C(=O)OCOC(=O)[C@@H](N)C(C)C)C3CCCC3)cc2)cc1C(F)(F)F. The molecule has 25 heteroatoms. The van der Waals surface area contributed by atoms with Gasteiger partial charge in [0.2, 0.25) is 24.5 Å². The number of anilines is 4. The number of piperidine rings is 2. The fourth-order valence-corrected chi connectivity index (χ4v) is 14.3. The van der Waals surface area contributed by atoms with E-state index in [0.717, 1.165) is 50.7 Å². The first-order valence-corrected chi connectivity index (χ1v) is 34.5. The average molecular weight is 1440 g/mol. The summed E-state index contributed by atoms with van der Waals surface area (Å²) in [5.41, 5.74) is 6.97. The molecule has 4 aliphatic rings. The summed E-state index contributed by atoms with van der Waals surface area (Å²) in [6, 6.07) is 26.9. The summed E-state index contributed by atoms with van der Waals surface area (Å²) in [5, 5.41) is 5.30. The number of benzene rings is 6. The number of hydrogen-bond acceptors (Lipinski definition) is 11. The number of nitrogens with one attached hydrogen (secondary N) is 2. The number of nitrogens with two attached hydrogens (primary N) is 1. The monoisotopic (exact) mass is 1440 g/mol. The number of amides is 6. The van der Waals surface area contributed by atoms with Crippen molar-refractivity contribution >= 4 is 64.3 Å². The number of alkyl halides is 6. The van der Waals surface area contributed by atoms with Gasteiger partial charge in [-0.3, -0.25) is 33.7 Å². The highest BCUT2D eigenvalue weighted by atomic mass is 19.4. The highest BCUT2D eigenvalue weighted by Crippen LogP contribution is 2.44. The summed E-state index contributed by atoms with van der Waals surface area (Å²) in [6.45, 7) is 9.51. The molecule has 0 radical (unpaired) electrons. The van der Waals surface area contributed by atoms with Crippen LogP contribution in [0.25, 0.3) is 0 Å². The molecule has 2 aliphatic carbocycles. The van der Waals surface area contributed by atoms with Crippen molar-refractivity contribution in [2.75, 3.05) is 61.0 Å². The molecule has 6 amide bonds. The van der Waals surface area contributed by atoms with E-state index in [0.29, 0.717) is 65.7 Å². The number of carbonyl (C=O) groups is 7. The number of halogens is 8. The Morgan fingerprint density at radius 3 is 1.31 bits per heavy atom. The molecule has 554 valence electrons. The van der Waals surface area contributed by atoms with E-state index in [-0.39, 0.29) is 91.0 Å². The Kier molecular flexibility index (Phi) is 26.5. The Bertz CT molecular complexity index is 3970. The van der Waals surface area contributed by atoms with Gasteiger partial charge in [-0.25, -0.2) is 13.6 Å². The summed E-state index contributed by atoms with van der Waals surface area (Å²) in [4.78, 5) is 103. The van der Waals surface area contributed by atoms with Crippen LogP contribution in [0.5, 0.6) is 0 Å². The molecule has 4 N–H and O–H groups in total. The fraction of sp³-hybridized carbons (Fsp3) is 0.449. The predicted molar refractivity (Wildman–Crippen MR) is 378 cm³/mol. The smallest absolute Gasteiger partial charge is 0.417 e. The first-order chi connectivity index (χ1) is 48.3. The van der Waals surface area contributed by atoms with Gasteiger partial charge in [-0.1, -0.05) is 108 Å². The maximum Gasteiger partial charge on any atom is 0.417 e. The van der Waals surface area contributed by atoms with Gasteiger partial charge >= 0.3 is 24.4 Å². The van der Waals surface area contributed by atoms with Crippen molar-refractivity contribution in [3.8, 4) is 0 Å². The molecular weight excluding hydrogens is 1340 g/mol. The van der Waals surface area contributed by atoms with Crippen molar-refractivity contribution in [1.29, 1.82) is 0 Å². The number of ether oxygens (including phenoxy) is 2. The summed E-state index contributed by atoms with van der Waals surface area (Å²) in [7, 11) is 3.68. The Labute approximate surface area is 596 Å². The molecule has 0 spiro atoms. The van der Waals surface area contributed by atoms with Gasteiger partial charge in [-0.05, 0) is 193 Å². The molecule has 0 aromatic heterocycles. The second-order valence-electron chi connectivity index (χ2n) is 27.5. The van der Waals surface area contributed by atoms with Crippen molar-refractivity contribution in [2.45, 2.75) is 169 Å². The van der Waals surface area contributed by atoms with Crippen molar-refractivity contribution in [1.82, 2.24) is 14.7 Å². The number of aryl methyl sites for hydroxylation is 4. The van der Waals surface area contributed by atoms with E-state index in [1.54, 1.807) is 76.2 Å². The highest BCUT2D eigenvalue weighted by Gasteiger charge is 2.44. The van der Waals surface area contributed by atoms with Gasteiger partial charge in [0.1, 0.15) is 17.7 Å². The van der Waals surface area contributed by atoms with E-state index in [1.165, 1.54) is 77.1 Å². The van der Waals surface area contributed by atoms with Crippen LogP contribution in [-0.4, -0.2) is 115 Å². The zero-order valence-corrected chi connectivity index (χ0v) is 58.5. The van der Waals surface area contributed by atoms with E-state index in [9.17, 15) is 59.9 Å². The molecule has 6 aromatic rings. The predicted octanol–water partition coefficient (Wildman–Crippen LogP) is 16.2. The minimum absolute atomic E-state index is 0. The van der Waals surface area contributed by atoms with E-state index in [1.807, 2.05) is 36.0 Å². The molecule has 0 bridgehead atoms. The van der Waals surface area contributed by atoms with Gasteiger partial charge in [0.15, 0.2) is 0 Å². The summed E-state index contributed by atoms with van der Waals surface area (Å²) in [6.07, 6.45) is -1.47. The standard InChI is InChI=1S/C40H46F4N4O6.C37H42F4N4O3.CH4/c1-23(2)34(45)38(51)53-22-54-39(52)48(28-10-5-6-11-28)29-18-15-26(16-19-29)35-30(36(49)46-27-17-14-24(3)31(21-27)40(42,43)44)12-8-20-47(35)37(50)33-25(4)9-7-13-32(33)41;1-23-14-17-26(21-30(23)37(39,40)41)42-35(47)29-12-8-20-44(36(48)33-24(2)9-7-13-31(33)38)34(29)25-15-18-28(19-16-25)45(27-10-5-6-11-27)32(46)22-43(3)4;/h7,9,13-19,21,23,28,30,34-35H,5-6,8,10-12,20,22,45H2,1-4H3,(H,46,49);7,9,13-19,21,27,29,34H,5-6,8,10-12,20,22H2,1-4H3,(H,42,47);1H4/t30-,34-,35-;29-,34-;/m00./s1. The second kappa shape index (κ2) is 34.4. The minimum atomic E-state index is -4.63. The Hall–Kier alpha value is -9.23. The fourth-order valence-electron chi connectivity index (χ4n) is 14.3. The third-order valence-corrected chi connectivity index (χ3v) is 19.6. The van der Waals surface area contributed by atoms with E-state index < -0.39 is 108 Å². The number of hydrogen-bond donors (Lipinski definition) is 3. The van der Waals surface area contributed by atoms with Crippen LogP contribution in [0.1, 0.15) is 176 Å². The Morgan fingerprint density at radius 2 is 0.932 bits per heavy atom. The maximum atomic E-state index is 15.2. The number of carbonyl (C=O) groups excluding carboxylic acids is 7. The molecule has 17 nitrogen and oxygen atoms in total. The Morgan fingerprint density at radius 1 is 0.534 bits per heavy atom. The number of likely N-dealkylation sites (N-methyl/N-ethyl adjacent to an activating group) is 1. The first-order valence-electron chi connectivity index (χ1n) is 34.5. The first kappa shape index (κ1) is 79.5. The quantitative estimate of drug-likeness (QED) is 0.0419. The maximum absolute atomic E-state index is 15.2. The van der Waals surface area contributed by atoms with Gasteiger partial charge in [0.05, 0.1) is 52.7 Å². The third kappa shape index (κ3) is 19.0. The number of esters is 1. The zero-order chi connectivity index (χ0) is 74.1. The highest BCUT2D eigenvalue weighted by molar-refractivity contribution is 6.00. The molecule has 2 aliphatic heterocycles. The molecule has 4 fully saturated rings. The molecular formula is C78H92F8N8O9. The van der Waals surface area contributed by atoms with E-state index in [4.69, 9.17) is 15.2 Å². The normalized spacial score (nSPS) is 18.3. The van der Waals surface area contributed by atoms with Crippen molar-refractivity contribution in [2.24, 2.45) is 23.5 Å². The lowest BCUT2D eigenvalue weighted by Gasteiger charge is -2.41. The van der Waals surface area contributed by atoms with Crippen LogP contribution >= 0.6 is 0 Å². The summed E-state index contributed by atoms with van der Waals surface area (Å²) >= 11 is 0. The lowest BCUT2D eigenvalue weighted by atomic mass is 9.83. The van der Waals surface area contributed by atoms with Crippen LogP contribution < -0.4 is 26.2 Å². The molecule has 10 rings (SSSR count). The summed E-state index contributed by atoms with van der Waals surface area (Å²) in [5.74, 6) is -6.43. The lowest BCUT2D eigenvalue weighted by Crippen LogP contribution is -2.47. The van der Waals surface area contributed by atoms with Gasteiger partial charge in [-0.2, -0.15) is 26.3 Å². The van der Waals surface area contributed by atoms with Gasteiger partial charge < -0.3 is 45.4 Å². The average Bonchev–Trinajstić information content (AvgIpc) is 0.938. The molecule has 5 atom stereocenters. The molecule has 6 aromatic carbocycles. The van der Waals surface area contributed by atoms with E-state index >= 15 is 8.78 Å². The van der Waals surface area contributed by atoms with E-state index in [2.05, 4.69) is 10.6 Å². The lowest BCUT2D eigenvalue weighted by molar-refractivity contribution is -0.154. The van der Waals surface area contributed by atoms with Crippen LogP contribution in [0.2, 0.25) is 0 Å². The van der Waals surface area contributed by atoms with Crippen molar-refractivity contribution < 1.29 is 78.2 Å². The third-order valence-electron chi connectivity index (χ3n) is 19.6. The van der Waals surface area contributed by atoms with Crippen molar-refractivity contribution in [3.63, 3.8) is 0 Å². The minimum Gasteiger partial charge on any atom is -0.427 e. The van der Waals surface area contributed by atoms with Crippen LogP contribution in [0.15, 0.2) is 121 Å². The van der Waals surface area contributed by atoms with Crippen molar-refractivity contribution in [3.05, 3.63) is 189 Å². The van der Waals surface area contributed by atoms with Gasteiger partial charge in [0, 0.05) is 47.9 Å². The molecule has 2 saturated heterocycles. The van der Waals surface area contributed by atoms with Gasteiger partial charge in [-0.15, -0.1) is 0 Å². The molecule has 2 saturated carbocycles. The number of nitrogens with zero attached hydrogens (tertiary/aromatic N) is 5. The molecule has 103 heavy (non-hydrogen) atoms. The van der Waals surface area contributed by atoms with Crippen LogP contribution in [-0.2, 0) is 41.0 Å². The van der Waals surface area contributed by atoms with Crippen LogP contribution in [0.3, 0.4) is 0 Å². The largest absolute Gasteiger partial charge is 0.427 e. The number of likely N-dealkylation sites (tertiary alicyclic amines) is 2. The second-order valence-corrected chi connectivity index (χ2v) is 27.5. The molecule has 2 heterocycles. The number of rotatable bonds is 18. The van der Waals surface area contributed by atoms with Crippen LogP contribution in [0.4, 0.5) is 62.7 Å². The van der Waals surface area contributed by atoms with Crippen LogP contribution in [0, 0.1) is 57.1 Å².